The number of hydrogen-bond acceptors (Lipinski definition) is 5. The van der Waals surface area contributed by atoms with Crippen LogP contribution in [0.25, 0.3) is 44.7 Å². The van der Waals surface area contributed by atoms with Crippen LogP contribution in [-0.2, 0) is 21.1 Å². The van der Waals surface area contributed by atoms with Gasteiger partial charge >= 0.3 is 0 Å². The number of para-hydroxylation sites is 1. The average Bonchev–Trinajstić information content (AvgIpc) is 2.94. The molecule has 37 heavy (non-hydrogen) atoms. The van der Waals surface area contributed by atoms with E-state index in [1.54, 1.807) is 18.3 Å². The fraction of sp³-hybridized carbons (Fsp3) is 0. The van der Waals surface area contributed by atoms with E-state index in [4.69, 9.17) is 14.7 Å². The van der Waals surface area contributed by atoms with Gasteiger partial charge in [-0.25, -0.2) is 4.98 Å². The van der Waals surface area contributed by atoms with E-state index in [1.807, 2.05) is 97.1 Å². The molecule has 0 aliphatic carbocycles. The first-order valence-electron chi connectivity index (χ1n) is 11.5. The van der Waals surface area contributed by atoms with Gasteiger partial charge in [0.15, 0.2) is 0 Å². The quantitative estimate of drug-likeness (QED) is 0.196. The van der Waals surface area contributed by atoms with Crippen molar-refractivity contribution in [2.75, 3.05) is 0 Å². The van der Waals surface area contributed by atoms with E-state index in [2.05, 4.69) is 11.1 Å². The van der Waals surface area contributed by atoms with Crippen LogP contribution in [0.1, 0.15) is 0 Å². The van der Waals surface area contributed by atoms with Crippen molar-refractivity contribution in [2.45, 2.75) is 0 Å². The molecule has 0 aliphatic rings. The summed E-state index contributed by atoms with van der Waals surface area (Å²) >= 11 is 0. The van der Waals surface area contributed by atoms with Gasteiger partial charge < -0.3 is 9.84 Å². The summed E-state index contributed by atoms with van der Waals surface area (Å²) in [5, 5.41) is 12.5. The van der Waals surface area contributed by atoms with Crippen molar-refractivity contribution in [3.63, 3.8) is 0 Å². The molecule has 0 saturated heterocycles. The Morgan fingerprint density at radius 3 is 2.32 bits per heavy atom. The molecule has 1 N–H and O–H groups in total. The van der Waals surface area contributed by atoms with Crippen LogP contribution in [0.2, 0.25) is 0 Å². The number of phenols is 1. The molecule has 4 aromatic carbocycles. The van der Waals surface area contributed by atoms with Crippen molar-refractivity contribution in [1.82, 2.24) is 15.0 Å². The number of rotatable bonds is 5. The Morgan fingerprint density at radius 2 is 1.46 bits per heavy atom. The molecule has 2 aromatic heterocycles. The summed E-state index contributed by atoms with van der Waals surface area (Å²) in [6, 6.07) is 37.7. The van der Waals surface area contributed by atoms with Crippen molar-refractivity contribution < 1.29 is 30.9 Å². The minimum Gasteiger partial charge on any atom is -0.507 e. The molecular formula is C31H20N3O2Pt-. The topological polar surface area (TPSA) is 68.1 Å². The van der Waals surface area contributed by atoms with Gasteiger partial charge in [0, 0.05) is 44.0 Å². The number of nitrogens with zero attached hydrogens (tertiary/aromatic N) is 3. The van der Waals surface area contributed by atoms with Gasteiger partial charge in [-0.05, 0) is 41.3 Å². The first-order valence-corrected chi connectivity index (χ1v) is 11.5. The summed E-state index contributed by atoms with van der Waals surface area (Å²) in [5.41, 5.74) is 3.61. The fourth-order valence-electron chi connectivity index (χ4n) is 4.07. The third kappa shape index (κ3) is 5.13. The van der Waals surface area contributed by atoms with E-state index in [0.29, 0.717) is 34.3 Å². The zero-order chi connectivity index (χ0) is 24.3. The minimum atomic E-state index is 0. The third-order valence-corrected chi connectivity index (χ3v) is 5.83. The number of aromatic hydroxyl groups is 1. The normalized spacial score (nSPS) is 10.6. The van der Waals surface area contributed by atoms with E-state index in [1.165, 1.54) is 0 Å². The molecule has 6 heteroatoms. The van der Waals surface area contributed by atoms with Gasteiger partial charge in [0.1, 0.15) is 5.75 Å². The van der Waals surface area contributed by atoms with Crippen LogP contribution in [0.3, 0.4) is 0 Å². The molecule has 6 aromatic rings. The molecule has 0 unspecified atom stereocenters. The molecule has 0 aliphatic heterocycles. The van der Waals surface area contributed by atoms with Crippen LogP contribution in [0.5, 0.6) is 17.4 Å². The molecule has 0 spiro atoms. The minimum absolute atomic E-state index is 0. The van der Waals surface area contributed by atoms with Crippen molar-refractivity contribution in [3.05, 3.63) is 121 Å². The number of ether oxygens (including phenoxy) is 1. The number of aromatic nitrogens is 3. The molecule has 0 amide bonds. The monoisotopic (exact) mass is 661 g/mol. The Morgan fingerprint density at radius 1 is 0.703 bits per heavy atom. The first-order chi connectivity index (χ1) is 17.7. The van der Waals surface area contributed by atoms with Gasteiger partial charge in [0.05, 0.1) is 17.2 Å². The average molecular weight is 662 g/mol. The summed E-state index contributed by atoms with van der Waals surface area (Å²) in [5.74, 6) is 1.65. The maximum absolute atomic E-state index is 10.5. The van der Waals surface area contributed by atoms with Crippen molar-refractivity contribution in [1.29, 1.82) is 0 Å². The smallest absolute Gasteiger partial charge is 0.225 e. The number of benzene rings is 4. The van der Waals surface area contributed by atoms with Gasteiger partial charge in [-0.3, -0.25) is 9.97 Å². The number of fused-ring (bicyclic) bond motifs is 1. The SMILES string of the molecule is Oc1ccccc1-c1cc(-c2ccccc2)nc(-c2[c-]c(Oc3nccc4ccccc34)ccc2)n1.[Pt]. The largest absolute Gasteiger partial charge is 0.507 e. The first kappa shape index (κ1) is 24.4. The second kappa shape index (κ2) is 10.7. The molecule has 0 atom stereocenters. The van der Waals surface area contributed by atoms with E-state index in [0.717, 1.165) is 22.0 Å². The molecule has 0 radical (unpaired) electrons. The van der Waals surface area contributed by atoms with Gasteiger partial charge in [0.2, 0.25) is 5.88 Å². The molecule has 0 fully saturated rings. The summed E-state index contributed by atoms with van der Waals surface area (Å²) in [7, 11) is 0. The second-order valence-electron chi connectivity index (χ2n) is 8.21. The summed E-state index contributed by atoms with van der Waals surface area (Å²) in [6.07, 6.45) is 1.73. The van der Waals surface area contributed by atoms with Crippen LogP contribution in [0.4, 0.5) is 0 Å². The molecule has 5 nitrogen and oxygen atoms in total. The van der Waals surface area contributed by atoms with Gasteiger partial charge in [-0.15, -0.1) is 23.8 Å². The fourth-order valence-corrected chi connectivity index (χ4v) is 4.07. The van der Waals surface area contributed by atoms with Crippen LogP contribution in [0, 0.1) is 6.07 Å². The van der Waals surface area contributed by atoms with E-state index in [-0.39, 0.29) is 26.8 Å². The Balaban J connectivity index is 0.00000280. The molecule has 182 valence electrons. The number of hydrogen-bond donors (Lipinski definition) is 1. The predicted octanol–water partition coefficient (Wildman–Crippen LogP) is 7.32. The van der Waals surface area contributed by atoms with E-state index >= 15 is 0 Å². The second-order valence-corrected chi connectivity index (χ2v) is 8.21. The van der Waals surface area contributed by atoms with E-state index in [9.17, 15) is 5.11 Å². The Bertz CT molecular complexity index is 1680. The predicted molar refractivity (Wildman–Crippen MR) is 141 cm³/mol. The third-order valence-electron chi connectivity index (χ3n) is 5.83. The number of phenolic OH excluding ortho intramolecular Hbond substituents is 1. The van der Waals surface area contributed by atoms with Gasteiger partial charge in [0.25, 0.3) is 0 Å². The maximum Gasteiger partial charge on any atom is 0.225 e. The Labute approximate surface area is 228 Å². The summed E-state index contributed by atoms with van der Waals surface area (Å²) < 4.78 is 6.14. The number of pyridine rings is 1. The van der Waals surface area contributed by atoms with Crippen LogP contribution in [-0.4, -0.2) is 20.1 Å². The standard InChI is InChI=1S/C31H20N3O2.Pt/c35-29-16-7-6-15-26(29)28-20-27(22-10-2-1-3-11-22)33-30(34-28)23-12-8-13-24(19-23)36-31-25-14-5-4-9-21(25)17-18-32-31;/h1-18,20,35H;/q-1;. The van der Waals surface area contributed by atoms with Gasteiger partial charge in [-0.1, -0.05) is 66.7 Å². The molecule has 6 rings (SSSR count). The Hall–Kier alpha value is -4.34. The summed E-state index contributed by atoms with van der Waals surface area (Å²) in [6.45, 7) is 0. The zero-order valence-corrected chi connectivity index (χ0v) is 21.8. The molecule has 0 saturated carbocycles. The van der Waals surface area contributed by atoms with Crippen molar-refractivity contribution >= 4 is 10.8 Å². The molecule has 0 bridgehead atoms. The molecule has 2 heterocycles. The van der Waals surface area contributed by atoms with E-state index < -0.39 is 0 Å². The van der Waals surface area contributed by atoms with Crippen LogP contribution < -0.4 is 4.74 Å². The zero-order valence-electron chi connectivity index (χ0n) is 19.5. The van der Waals surface area contributed by atoms with Crippen molar-refractivity contribution in [3.8, 4) is 51.3 Å². The van der Waals surface area contributed by atoms with Crippen LogP contribution in [0.15, 0.2) is 115 Å². The van der Waals surface area contributed by atoms with Crippen molar-refractivity contribution in [2.24, 2.45) is 0 Å². The molecular weight excluding hydrogens is 641 g/mol. The van der Waals surface area contributed by atoms with Gasteiger partial charge in [-0.2, -0.15) is 0 Å². The summed E-state index contributed by atoms with van der Waals surface area (Å²) in [4.78, 5) is 14.0. The van der Waals surface area contributed by atoms with Crippen LogP contribution >= 0.6 is 0 Å². The Kier molecular flexibility index (Phi) is 7.06. The maximum atomic E-state index is 10.5.